The van der Waals surface area contributed by atoms with Crippen LogP contribution in [0, 0.1) is 0 Å². The predicted molar refractivity (Wildman–Crippen MR) is 89.0 cm³/mol. The van der Waals surface area contributed by atoms with Gasteiger partial charge < -0.3 is 15.0 Å². The van der Waals surface area contributed by atoms with E-state index in [1.807, 2.05) is 51.1 Å². The molecule has 1 saturated heterocycles. The fourth-order valence-electron chi connectivity index (χ4n) is 2.96. The first kappa shape index (κ1) is 18.0. The van der Waals surface area contributed by atoms with Crippen LogP contribution in [-0.2, 0) is 19.1 Å². The van der Waals surface area contributed by atoms with E-state index in [0.29, 0.717) is 6.41 Å². The Morgan fingerprint density at radius 2 is 2.00 bits per heavy atom. The SMILES string of the molecule is CC[C@@]1(C(=O)NC(C)(C)C)C(=O)OC[C@H](c2ccccc2)N1C=O. The van der Waals surface area contributed by atoms with Crippen LogP contribution in [0.5, 0.6) is 0 Å². The van der Waals surface area contributed by atoms with Crippen LogP contribution < -0.4 is 5.32 Å². The Kier molecular flexibility index (Phi) is 4.96. The zero-order valence-corrected chi connectivity index (χ0v) is 14.5. The molecule has 2 amide bonds. The molecule has 2 rings (SSSR count). The molecule has 0 bridgehead atoms. The third-order valence-corrected chi connectivity index (χ3v) is 4.16. The molecule has 0 spiro atoms. The smallest absolute Gasteiger partial charge is 0.342 e. The van der Waals surface area contributed by atoms with E-state index in [2.05, 4.69) is 5.32 Å². The molecular weight excluding hydrogens is 308 g/mol. The monoisotopic (exact) mass is 332 g/mol. The lowest BCUT2D eigenvalue weighted by Crippen LogP contribution is -2.69. The summed E-state index contributed by atoms with van der Waals surface area (Å²) in [5, 5.41) is 2.81. The number of amides is 2. The molecular formula is C18H24N2O4. The second kappa shape index (κ2) is 6.63. The van der Waals surface area contributed by atoms with Gasteiger partial charge in [0.05, 0.1) is 6.04 Å². The van der Waals surface area contributed by atoms with Crippen molar-refractivity contribution in [2.75, 3.05) is 6.61 Å². The van der Waals surface area contributed by atoms with Crippen molar-refractivity contribution in [2.24, 2.45) is 0 Å². The molecule has 1 heterocycles. The van der Waals surface area contributed by atoms with E-state index in [0.717, 1.165) is 5.56 Å². The van der Waals surface area contributed by atoms with Gasteiger partial charge in [-0.2, -0.15) is 0 Å². The fraction of sp³-hybridized carbons (Fsp3) is 0.500. The van der Waals surface area contributed by atoms with E-state index in [1.165, 1.54) is 4.90 Å². The molecule has 1 N–H and O–H groups in total. The maximum atomic E-state index is 12.9. The van der Waals surface area contributed by atoms with E-state index in [9.17, 15) is 14.4 Å². The van der Waals surface area contributed by atoms with Crippen molar-refractivity contribution in [3.63, 3.8) is 0 Å². The zero-order chi connectivity index (χ0) is 18.0. The number of cyclic esters (lactones) is 1. The van der Waals surface area contributed by atoms with Gasteiger partial charge in [-0.15, -0.1) is 0 Å². The summed E-state index contributed by atoms with van der Waals surface area (Å²) in [4.78, 5) is 38.6. The highest BCUT2D eigenvalue weighted by Gasteiger charge is 2.56. The van der Waals surface area contributed by atoms with Crippen LogP contribution in [-0.4, -0.2) is 40.9 Å². The molecule has 0 saturated carbocycles. The van der Waals surface area contributed by atoms with Crippen LogP contribution in [0.25, 0.3) is 0 Å². The summed E-state index contributed by atoms with van der Waals surface area (Å²) in [6, 6.07) is 8.76. The topological polar surface area (TPSA) is 75.7 Å². The van der Waals surface area contributed by atoms with Crippen molar-refractivity contribution in [1.82, 2.24) is 10.2 Å². The van der Waals surface area contributed by atoms with Crippen LogP contribution in [0.4, 0.5) is 0 Å². The minimum Gasteiger partial charge on any atom is -0.461 e. The Morgan fingerprint density at radius 1 is 1.38 bits per heavy atom. The van der Waals surface area contributed by atoms with E-state index < -0.39 is 29.0 Å². The first-order chi connectivity index (χ1) is 11.3. The summed E-state index contributed by atoms with van der Waals surface area (Å²) in [6.45, 7) is 7.20. The van der Waals surface area contributed by atoms with Crippen LogP contribution in [0.1, 0.15) is 45.7 Å². The van der Waals surface area contributed by atoms with E-state index in [-0.39, 0.29) is 13.0 Å². The van der Waals surface area contributed by atoms with Crippen molar-refractivity contribution in [3.8, 4) is 0 Å². The van der Waals surface area contributed by atoms with Gasteiger partial charge in [0.25, 0.3) is 5.91 Å². The second-order valence-electron chi connectivity index (χ2n) is 6.96. The molecule has 1 aromatic carbocycles. The lowest BCUT2D eigenvalue weighted by Gasteiger charge is -2.46. The summed E-state index contributed by atoms with van der Waals surface area (Å²) in [5.41, 5.74) is -1.37. The standard InChI is InChI=1S/C18H24N2O4/c1-5-18(15(22)19-17(2,3)4)16(23)24-11-14(20(18)12-21)13-9-7-6-8-10-13/h6-10,12,14H,5,11H2,1-4H3,(H,19,22)/t14-,18-/m1/s1. The van der Waals surface area contributed by atoms with E-state index in [4.69, 9.17) is 4.74 Å². The van der Waals surface area contributed by atoms with E-state index >= 15 is 0 Å². The van der Waals surface area contributed by atoms with Crippen molar-refractivity contribution < 1.29 is 19.1 Å². The van der Waals surface area contributed by atoms with Gasteiger partial charge in [-0.1, -0.05) is 37.3 Å². The summed E-state index contributed by atoms with van der Waals surface area (Å²) in [6.07, 6.45) is 0.708. The van der Waals surface area contributed by atoms with Crippen molar-refractivity contribution in [1.29, 1.82) is 0 Å². The Hall–Kier alpha value is -2.37. The third-order valence-electron chi connectivity index (χ3n) is 4.16. The molecule has 0 aromatic heterocycles. The number of esters is 1. The lowest BCUT2D eigenvalue weighted by molar-refractivity contribution is -0.182. The number of nitrogens with one attached hydrogen (secondary N) is 1. The molecule has 1 aliphatic rings. The normalized spacial score (nSPS) is 24.2. The van der Waals surface area contributed by atoms with Gasteiger partial charge in [-0.3, -0.25) is 9.59 Å². The Balaban J connectivity index is 2.48. The highest BCUT2D eigenvalue weighted by atomic mass is 16.5. The Morgan fingerprint density at radius 3 is 2.50 bits per heavy atom. The summed E-state index contributed by atoms with van der Waals surface area (Å²) >= 11 is 0. The maximum Gasteiger partial charge on any atom is 0.342 e. The quantitative estimate of drug-likeness (QED) is 0.518. The molecule has 1 fully saturated rings. The van der Waals surface area contributed by atoms with Gasteiger partial charge in [0.2, 0.25) is 11.9 Å². The average molecular weight is 332 g/mol. The fourth-order valence-corrected chi connectivity index (χ4v) is 2.96. The molecule has 130 valence electrons. The van der Waals surface area contributed by atoms with Gasteiger partial charge in [-0.25, -0.2) is 4.79 Å². The number of carbonyl (C=O) groups is 3. The maximum absolute atomic E-state index is 12.9. The van der Waals surface area contributed by atoms with Gasteiger partial charge in [0, 0.05) is 5.54 Å². The summed E-state index contributed by atoms with van der Waals surface area (Å²) < 4.78 is 5.32. The first-order valence-corrected chi connectivity index (χ1v) is 8.05. The predicted octanol–water partition coefficient (Wildman–Crippen LogP) is 1.81. The number of rotatable bonds is 4. The average Bonchev–Trinajstić information content (AvgIpc) is 2.53. The molecule has 0 aliphatic carbocycles. The molecule has 0 radical (unpaired) electrons. The van der Waals surface area contributed by atoms with E-state index in [1.54, 1.807) is 6.92 Å². The number of nitrogens with zero attached hydrogens (tertiary/aromatic N) is 1. The third kappa shape index (κ3) is 3.13. The molecule has 6 nitrogen and oxygen atoms in total. The van der Waals surface area contributed by atoms with Crippen LogP contribution in [0.15, 0.2) is 30.3 Å². The number of hydrogen-bond acceptors (Lipinski definition) is 4. The largest absolute Gasteiger partial charge is 0.461 e. The molecule has 24 heavy (non-hydrogen) atoms. The lowest BCUT2D eigenvalue weighted by atomic mass is 9.87. The minimum atomic E-state index is -1.66. The van der Waals surface area contributed by atoms with Crippen molar-refractivity contribution in [3.05, 3.63) is 35.9 Å². The Bertz CT molecular complexity index is 624. The second-order valence-corrected chi connectivity index (χ2v) is 6.96. The number of morpholine rings is 1. The van der Waals surface area contributed by atoms with Crippen LogP contribution >= 0.6 is 0 Å². The summed E-state index contributed by atoms with van der Waals surface area (Å²) in [7, 11) is 0. The van der Waals surface area contributed by atoms with Gasteiger partial charge >= 0.3 is 5.97 Å². The molecule has 2 atom stereocenters. The van der Waals surface area contributed by atoms with Gasteiger partial charge in [-0.05, 0) is 32.8 Å². The first-order valence-electron chi connectivity index (χ1n) is 8.05. The molecule has 0 unspecified atom stereocenters. The molecule has 1 aliphatic heterocycles. The highest BCUT2D eigenvalue weighted by molar-refractivity contribution is 6.09. The minimum absolute atomic E-state index is 0.0339. The highest BCUT2D eigenvalue weighted by Crippen LogP contribution is 2.35. The van der Waals surface area contributed by atoms with Gasteiger partial charge in [0.1, 0.15) is 6.61 Å². The zero-order valence-electron chi connectivity index (χ0n) is 14.5. The van der Waals surface area contributed by atoms with Crippen molar-refractivity contribution >= 4 is 18.3 Å². The molecule has 1 aromatic rings. The number of hydrogen-bond donors (Lipinski definition) is 1. The van der Waals surface area contributed by atoms with Crippen LogP contribution in [0.3, 0.4) is 0 Å². The number of carbonyl (C=O) groups excluding carboxylic acids is 3. The number of ether oxygens (including phenoxy) is 1. The number of benzene rings is 1. The summed E-state index contributed by atoms with van der Waals surface area (Å²) in [5.74, 6) is -1.21. The van der Waals surface area contributed by atoms with Gasteiger partial charge in [0.15, 0.2) is 0 Å². The van der Waals surface area contributed by atoms with Crippen LogP contribution in [0.2, 0.25) is 0 Å². The van der Waals surface area contributed by atoms with Crippen molar-refractivity contribution in [2.45, 2.75) is 51.2 Å². The molecule has 6 heteroatoms. The Labute approximate surface area is 142 Å².